The molecule has 1 aliphatic carbocycles. The normalized spacial score (nSPS) is 16.6. The monoisotopic (exact) mass is 268 g/mol. The molecule has 0 atom stereocenters. The number of hydrogen-bond donors (Lipinski definition) is 2. The van der Waals surface area contributed by atoms with Crippen LogP contribution in [0.15, 0.2) is 5.38 Å². The number of carboxylic acids is 1. The first-order valence-electron chi connectivity index (χ1n) is 5.92. The highest BCUT2D eigenvalue weighted by molar-refractivity contribution is 7.09. The lowest BCUT2D eigenvalue weighted by Gasteiger charge is -2.09. The van der Waals surface area contributed by atoms with Gasteiger partial charge in [-0.2, -0.15) is 0 Å². The molecular weight excluding hydrogens is 252 g/mol. The number of thiazole rings is 1. The van der Waals surface area contributed by atoms with Crippen LogP contribution in [-0.4, -0.2) is 28.5 Å². The molecule has 0 aromatic carbocycles. The van der Waals surface area contributed by atoms with Crippen molar-refractivity contribution in [3.63, 3.8) is 0 Å². The molecule has 1 fully saturated rings. The number of aliphatic carboxylic acids is 1. The van der Waals surface area contributed by atoms with E-state index in [1.165, 1.54) is 11.3 Å². The summed E-state index contributed by atoms with van der Waals surface area (Å²) in [6.45, 7) is 4.23. The van der Waals surface area contributed by atoms with Gasteiger partial charge in [-0.1, -0.05) is 13.8 Å². The maximum atomic E-state index is 11.8. The summed E-state index contributed by atoms with van der Waals surface area (Å²) in [6, 6.07) is 0. The van der Waals surface area contributed by atoms with Crippen molar-refractivity contribution in [2.24, 2.45) is 5.41 Å². The molecule has 1 heterocycles. The van der Waals surface area contributed by atoms with E-state index in [2.05, 4.69) is 10.3 Å². The predicted molar refractivity (Wildman–Crippen MR) is 67.8 cm³/mol. The Morgan fingerprint density at radius 1 is 1.56 bits per heavy atom. The van der Waals surface area contributed by atoms with E-state index in [0.717, 1.165) is 5.01 Å². The van der Waals surface area contributed by atoms with Gasteiger partial charge in [0.15, 0.2) is 0 Å². The highest BCUT2D eigenvalue weighted by Crippen LogP contribution is 2.45. The third-order valence-corrected chi connectivity index (χ3v) is 4.29. The molecule has 98 valence electrons. The lowest BCUT2D eigenvalue weighted by atomic mass is 10.1. The first kappa shape index (κ1) is 13.0. The number of carbonyl (C=O) groups excluding carboxylic acids is 1. The Balaban J connectivity index is 1.94. The molecule has 0 spiro atoms. The summed E-state index contributed by atoms with van der Waals surface area (Å²) in [4.78, 5) is 27.0. The number of carboxylic acid groups (broad SMARTS) is 1. The first-order chi connectivity index (χ1) is 8.44. The molecule has 1 amide bonds. The Hall–Kier alpha value is -1.43. The number of amides is 1. The first-order valence-corrected chi connectivity index (χ1v) is 6.79. The second-order valence-corrected chi connectivity index (χ2v) is 5.88. The average molecular weight is 268 g/mol. The van der Waals surface area contributed by atoms with Gasteiger partial charge in [-0.05, 0) is 12.8 Å². The third kappa shape index (κ3) is 2.53. The van der Waals surface area contributed by atoms with E-state index in [9.17, 15) is 9.59 Å². The molecule has 6 heteroatoms. The van der Waals surface area contributed by atoms with Gasteiger partial charge in [-0.25, -0.2) is 4.98 Å². The number of carbonyl (C=O) groups is 2. The van der Waals surface area contributed by atoms with Gasteiger partial charge >= 0.3 is 5.97 Å². The zero-order chi connectivity index (χ0) is 13.3. The molecule has 18 heavy (non-hydrogen) atoms. The van der Waals surface area contributed by atoms with Crippen LogP contribution in [0.4, 0.5) is 0 Å². The standard InChI is InChI=1S/C12H16N2O3S/c1-7(2)10-14-8(5-18-10)9(15)13-6-12(3-4-12)11(16)17/h5,7H,3-4,6H2,1-2H3,(H,13,15)(H,16,17). The zero-order valence-corrected chi connectivity index (χ0v) is 11.2. The van der Waals surface area contributed by atoms with Crippen molar-refractivity contribution < 1.29 is 14.7 Å². The number of nitrogens with zero attached hydrogens (tertiary/aromatic N) is 1. The molecule has 5 nitrogen and oxygen atoms in total. The summed E-state index contributed by atoms with van der Waals surface area (Å²) in [5, 5.41) is 14.3. The maximum absolute atomic E-state index is 11.8. The van der Waals surface area contributed by atoms with Crippen molar-refractivity contribution in [3.8, 4) is 0 Å². The molecule has 1 saturated carbocycles. The number of nitrogens with one attached hydrogen (secondary N) is 1. The fourth-order valence-electron chi connectivity index (χ4n) is 1.61. The van der Waals surface area contributed by atoms with Crippen LogP contribution < -0.4 is 5.32 Å². The largest absolute Gasteiger partial charge is 0.481 e. The van der Waals surface area contributed by atoms with Gasteiger partial charge in [-0.15, -0.1) is 11.3 Å². The maximum Gasteiger partial charge on any atom is 0.311 e. The smallest absolute Gasteiger partial charge is 0.311 e. The van der Waals surface area contributed by atoms with Crippen LogP contribution >= 0.6 is 11.3 Å². The molecule has 0 unspecified atom stereocenters. The molecular formula is C12H16N2O3S. The van der Waals surface area contributed by atoms with Crippen LogP contribution in [0.1, 0.15) is 48.1 Å². The number of aromatic nitrogens is 1. The highest BCUT2D eigenvalue weighted by Gasteiger charge is 2.50. The Labute approximate surface area is 109 Å². The van der Waals surface area contributed by atoms with Gasteiger partial charge in [0, 0.05) is 17.8 Å². The SMILES string of the molecule is CC(C)c1nc(C(=O)NCC2(C(=O)O)CC2)cs1. The molecule has 0 saturated heterocycles. The minimum atomic E-state index is -0.830. The lowest BCUT2D eigenvalue weighted by molar-refractivity contribution is -0.143. The fraction of sp³-hybridized carbons (Fsp3) is 0.583. The minimum absolute atomic E-state index is 0.190. The van der Waals surface area contributed by atoms with E-state index < -0.39 is 11.4 Å². The number of hydrogen-bond acceptors (Lipinski definition) is 4. The van der Waals surface area contributed by atoms with Crippen molar-refractivity contribution in [3.05, 3.63) is 16.1 Å². The van der Waals surface area contributed by atoms with Crippen LogP contribution in [0.3, 0.4) is 0 Å². The molecule has 1 aromatic rings. The van der Waals surface area contributed by atoms with E-state index in [1.54, 1.807) is 5.38 Å². The Kier molecular flexibility index (Phi) is 3.38. The van der Waals surface area contributed by atoms with Crippen LogP contribution in [0.25, 0.3) is 0 Å². The molecule has 1 aromatic heterocycles. The second-order valence-electron chi connectivity index (χ2n) is 4.99. The van der Waals surface area contributed by atoms with Crippen molar-refractivity contribution >= 4 is 23.2 Å². The second kappa shape index (κ2) is 4.68. The fourth-order valence-corrected chi connectivity index (χ4v) is 2.43. The highest BCUT2D eigenvalue weighted by atomic mass is 32.1. The van der Waals surface area contributed by atoms with Gasteiger partial charge in [0.1, 0.15) is 5.69 Å². The van der Waals surface area contributed by atoms with Gasteiger partial charge in [-0.3, -0.25) is 9.59 Å². The van der Waals surface area contributed by atoms with E-state index in [-0.39, 0.29) is 12.5 Å². The molecule has 1 aliphatic rings. The average Bonchev–Trinajstić information content (AvgIpc) is 2.94. The van der Waals surface area contributed by atoms with Crippen molar-refractivity contribution in [2.45, 2.75) is 32.6 Å². The Morgan fingerprint density at radius 2 is 2.22 bits per heavy atom. The van der Waals surface area contributed by atoms with E-state index in [4.69, 9.17) is 5.11 Å². The van der Waals surface area contributed by atoms with Crippen LogP contribution in [-0.2, 0) is 4.79 Å². The Bertz CT molecular complexity index is 477. The molecule has 2 rings (SSSR count). The van der Waals surface area contributed by atoms with Gasteiger partial charge in [0.2, 0.25) is 0 Å². The Morgan fingerprint density at radius 3 is 2.67 bits per heavy atom. The van der Waals surface area contributed by atoms with Crippen LogP contribution in [0.5, 0.6) is 0 Å². The number of rotatable bonds is 5. The molecule has 0 bridgehead atoms. The van der Waals surface area contributed by atoms with E-state index in [1.807, 2.05) is 13.8 Å². The van der Waals surface area contributed by atoms with Crippen molar-refractivity contribution in [2.75, 3.05) is 6.54 Å². The van der Waals surface area contributed by atoms with Crippen molar-refractivity contribution in [1.29, 1.82) is 0 Å². The molecule has 2 N–H and O–H groups in total. The molecule has 0 radical (unpaired) electrons. The zero-order valence-electron chi connectivity index (χ0n) is 10.4. The van der Waals surface area contributed by atoms with Crippen LogP contribution in [0.2, 0.25) is 0 Å². The predicted octanol–water partition coefficient (Wildman–Crippen LogP) is 1.86. The van der Waals surface area contributed by atoms with Gasteiger partial charge in [0.05, 0.1) is 10.4 Å². The van der Waals surface area contributed by atoms with Gasteiger partial charge in [0.25, 0.3) is 5.91 Å². The quantitative estimate of drug-likeness (QED) is 0.854. The summed E-state index contributed by atoms with van der Waals surface area (Å²) < 4.78 is 0. The summed E-state index contributed by atoms with van der Waals surface area (Å²) in [6.07, 6.45) is 1.27. The van der Waals surface area contributed by atoms with E-state index in [0.29, 0.717) is 24.5 Å². The van der Waals surface area contributed by atoms with Crippen molar-refractivity contribution in [1.82, 2.24) is 10.3 Å². The minimum Gasteiger partial charge on any atom is -0.481 e. The van der Waals surface area contributed by atoms with E-state index >= 15 is 0 Å². The lowest BCUT2D eigenvalue weighted by Crippen LogP contribution is -2.34. The topological polar surface area (TPSA) is 79.3 Å². The summed E-state index contributed by atoms with van der Waals surface area (Å²) in [5.74, 6) is -0.819. The summed E-state index contributed by atoms with van der Waals surface area (Å²) in [5.41, 5.74) is -0.350. The molecule has 0 aliphatic heterocycles. The van der Waals surface area contributed by atoms with Gasteiger partial charge < -0.3 is 10.4 Å². The van der Waals surface area contributed by atoms with Crippen LogP contribution in [0, 0.1) is 5.41 Å². The summed E-state index contributed by atoms with van der Waals surface area (Å²) >= 11 is 1.45. The third-order valence-electron chi connectivity index (χ3n) is 3.14. The summed E-state index contributed by atoms with van der Waals surface area (Å²) in [7, 11) is 0.